The number of aliphatic carboxylic acids is 3. The first-order chi connectivity index (χ1) is 12.2. The standard InChI is InChI=1S/C14H19N3O8S/c15-7(12(20)21)2-1-3-8(19)16-10(14(24)25)11-17-9(13(22)23)6(4-18)5-26-11/h4,7,10-11,17H,1-3,5,15H2,(H,16,19)(H,20,21)(H,22,23)(H,24,25). The number of carboxylic acid groups (broad SMARTS) is 3. The molecule has 3 unspecified atom stereocenters. The molecule has 12 heteroatoms. The maximum absolute atomic E-state index is 11.9. The van der Waals surface area contributed by atoms with Crippen LogP contribution >= 0.6 is 11.8 Å². The molecule has 0 saturated heterocycles. The van der Waals surface area contributed by atoms with Crippen LogP contribution in [0.25, 0.3) is 0 Å². The minimum Gasteiger partial charge on any atom is -0.480 e. The van der Waals surface area contributed by atoms with E-state index in [4.69, 9.17) is 15.9 Å². The molecule has 0 saturated carbocycles. The van der Waals surface area contributed by atoms with E-state index in [0.29, 0.717) is 6.29 Å². The molecule has 0 spiro atoms. The van der Waals surface area contributed by atoms with E-state index in [2.05, 4.69) is 10.6 Å². The monoisotopic (exact) mass is 389 g/mol. The molecule has 1 heterocycles. The molecule has 1 aliphatic rings. The second-order valence-electron chi connectivity index (χ2n) is 5.42. The quantitative estimate of drug-likeness (QED) is 0.234. The number of thioether (sulfide) groups is 1. The maximum Gasteiger partial charge on any atom is 0.352 e. The molecule has 144 valence electrons. The number of carboxylic acids is 3. The summed E-state index contributed by atoms with van der Waals surface area (Å²) >= 11 is 0.971. The number of hydrogen-bond donors (Lipinski definition) is 6. The first kappa shape index (κ1) is 21.4. The number of amides is 1. The second kappa shape index (κ2) is 9.77. The summed E-state index contributed by atoms with van der Waals surface area (Å²) in [6, 6.07) is -2.55. The van der Waals surface area contributed by atoms with Crippen LogP contribution in [-0.4, -0.2) is 68.6 Å². The van der Waals surface area contributed by atoms with E-state index in [1.807, 2.05) is 0 Å². The van der Waals surface area contributed by atoms with E-state index < -0.39 is 47.0 Å². The summed E-state index contributed by atoms with van der Waals surface area (Å²) < 4.78 is 0. The summed E-state index contributed by atoms with van der Waals surface area (Å²) in [5, 5.41) is 30.8. The van der Waals surface area contributed by atoms with Crippen LogP contribution in [0.3, 0.4) is 0 Å². The van der Waals surface area contributed by atoms with Crippen molar-refractivity contribution >= 4 is 41.9 Å². The highest BCUT2D eigenvalue weighted by Crippen LogP contribution is 2.24. The Hall–Kier alpha value is -2.60. The third-order valence-electron chi connectivity index (χ3n) is 3.50. The van der Waals surface area contributed by atoms with Crippen LogP contribution in [0.2, 0.25) is 0 Å². The van der Waals surface area contributed by atoms with E-state index in [-0.39, 0.29) is 30.6 Å². The third-order valence-corrected chi connectivity index (χ3v) is 4.73. The van der Waals surface area contributed by atoms with Gasteiger partial charge in [-0.15, -0.1) is 11.8 Å². The average molecular weight is 389 g/mol. The predicted octanol–water partition coefficient (Wildman–Crippen LogP) is -1.66. The van der Waals surface area contributed by atoms with Gasteiger partial charge >= 0.3 is 17.9 Å². The molecule has 0 bridgehead atoms. The van der Waals surface area contributed by atoms with Crippen molar-refractivity contribution in [3.63, 3.8) is 0 Å². The van der Waals surface area contributed by atoms with Crippen molar-refractivity contribution in [1.29, 1.82) is 0 Å². The lowest BCUT2D eigenvalue weighted by Gasteiger charge is -2.30. The van der Waals surface area contributed by atoms with Gasteiger partial charge in [-0.1, -0.05) is 0 Å². The Kier molecular flexibility index (Phi) is 8.06. The van der Waals surface area contributed by atoms with E-state index in [1.165, 1.54) is 0 Å². The van der Waals surface area contributed by atoms with Gasteiger partial charge in [0.2, 0.25) is 5.91 Å². The van der Waals surface area contributed by atoms with Crippen molar-refractivity contribution in [2.24, 2.45) is 5.73 Å². The summed E-state index contributed by atoms with van der Waals surface area (Å²) in [5.74, 6) is -4.65. The Morgan fingerprint density at radius 2 is 1.92 bits per heavy atom. The van der Waals surface area contributed by atoms with E-state index in [1.54, 1.807) is 0 Å². The van der Waals surface area contributed by atoms with Gasteiger partial charge in [0.15, 0.2) is 6.04 Å². The van der Waals surface area contributed by atoms with Gasteiger partial charge < -0.3 is 31.7 Å². The fraction of sp³-hybridized carbons (Fsp3) is 0.500. The van der Waals surface area contributed by atoms with Gasteiger partial charge in [-0.05, 0) is 12.8 Å². The summed E-state index contributed by atoms with van der Waals surface area (Å²) in [4.78, 5) is 56.0. The summed E-state index contributed by atoms with van der Waals surface area (Å²) in [6.45, 7) is 0. The zero-order chi connectivity index (χ0) is 19.9. The molecule has 0 aromatic rings. The van der Waals surface area contributed by atoms with Gasteiger partial charge in [-0.3, -0.25) is 14.4 Å². The fourth-order valence-corrected chi connectivity index (χ4v) is 3.27. The van der Waals surface area contributed by atoms with Crippen molar-refractivity contribution in [2.45, 2.75) is 36.7 Å². The van der Waals surface area contributed by atoms with Crippen LogP contribution in [0.15, 0.2) is 11.3 Å². The van der Waals surface area contributed by atoms with Crippen molar-refractivity contribution in [3.8, 4) is 0 Å². The highest BCUT2D eigenvalue weighted by molar-refractivity contribution is 8.00. The molecular weight excluding hydrogens is 370 g/mol. The van der Waals surface area contributed by atoms with Crippen LogP contribution in [0.1, 0.15) is 19.3 Å². The SMILES string of the molecule is NC(CCCC(=O)NC(C(=O)O)C1NC(C(=O)O)=C(C=O)CS1)C(=O)O. The molecule has 0 aromatic heterocycles. The van der Waals surface area contributed by atoms with Crippen molar-refractivity contribution < 1.29 is 39.3 Å². The average Bonchev–Trinajstić information content (AvgIpc) is 2.58. The number of aldehydes is 1. The number of nitrogens with two attached hydrogens (primary N) is 1. The number of carbonyl (C=O) groups is 5. The number of hydrogen-bond acceptors (Lipinski definition) is 8. The van der Waals surface area contributed by atoms with E-state index in [0.717, 1.165) is 11.8 Å². The Balaban J connectivity index is 2.69. The molecule has 0 aromatic carbocycles. The first-order valence-electron chi connectivity index (χ1n) is 7.47. The molecular formula is C14H19N3O8S. The van der Waals surface area contributed by atoms with Crippen molar-refractivity contribution in [3.05, 3.63) is 11.3 Å². The highest BCUT2D eigenvalue weighted by atomic mass is 32.2. The van der Waals surface area contributed by atoms with Gasteiger partial charge in [0.25, 0.3) is 0 Å². The lowest BCUT2D eigenvalue weighted by atomic mass is 10.1. The Bertz CT molecular complexity index is 636. The largest absolute Gasteiger partial charge is 0.480 e. The Morgan fingerprint density at radius 3 is 2.42 bits per heavy atom. The zero-order valence-electron chi connectivity index (χ0n) is 13.5. The van der Waals surface area contributed by atoms with Crippen molar-refractivity contribution in [1.82, 2.24) is 10.6 Å². The van der Waals surface area contributed by atoms with E-state index >= 15 is 0 Å². The lowest BCUT2D eigenvalue weighted by molar-refractivity contribution is -0.142. The van der Waals surface area contributed by atoms with E-state index in [9.17, 15) is 29.1 Å². The zero-order valence-corrected chi connectivity index (χ0v) is 14.3. The van der Waals surface area contributed by atoms with Gasteiger partial charge in [0.05, 0.1) is 0 Å². The van der Waals surface area contributed by atoms with Gasteiger partial charge in [0, 0.05) is 17.7 Å². The number of nitrogens with one attached hydrogen (secondary N) is 2. The van der Waals surface area contributed by atoms with Crippen LogP contribution in [0, 0.1) is 0 Å². The third kappa shape index (κ3) is 6.04. The topological polar surface area (TPSA) is 196 Å². The molecule has 26 heavy (non-hydrogen) atoms. The number of carbonyl (C=O) groups excluding carboxylic acids is 2. The Labute approximate surface area is 152 Å². The predicted molar refractivity (Wildman–Crippen MR) is 89.1 cm³/mol. The minimum absolute atomic E-state index is 0.0168. The molecule has 1 rings (SSSR count). The summed E-state index contributed by atoms with van der Waals surface area (Å²) in [7, 11) is 0. The second-order valence-corrected chi connectivity index (χ2v) is 6.55. The maximum atomic E-state index is 11.9. The lowest BCUT2D eigenvalue weighted by Crippen LogP contribution is -2.54. The van der Waals surface area contributed by atoms with Crippen LogP contribution in [0.5, 0.6) is 0 Å². The molecule has 0 radical (unpaired) electrons. The van der Waals surface area contributed by atoms with Crippen LogP contribution in [-0.2, 0) is 24.0 Å². The van der Waals surface area contributed by atoms with Crippen LogP contribution in [0.4, 0.5) is 0 Å². The molecule has 1 amide bonds. The first-order valence-corrected chi connectivity index (χ1v) is 8.52. The number of rotatable bonds is 10. The molecule has 1 aliphatic heterocycles. The molecule has 3 atom stereocenters. The minimum atomic E-state index is -1.44. The molecule has 0 aliphatic carbocycles. The molecule has 11 nitrogen and oxygen atoms in total. The van der Waals surface area contributed by atoms with Gasteiger partial charge in [-0.2, -0.15) is 0 Å². The van der Waals surface area contributed by atoms with Gasteiger partial charge in [0.1, 0.15) is 23.4 Å². The van der Waals surface area contributed by atoms with Crippen molar-refractivity contribution in [2.75, 3.05) is 5.75 Å². The normalized spacial score (nSPS) is 19.0. The Morgan fingerprint density at radius 1 is 1.27 bits per heavy atom. The molecule has 0 fully saturated rings. The fourth-order valence-electron chi connectivity index (χ4n) is 2.12. The summed E-state index contributed by atoms with van der Waals surface area (Å²) in [6.07, 6.45) is 0.432. The van der Waals surface area contributed by atoms with Crippen LogP contribution < -0.4 is 16.4 Å². The summed E-state index contributed by atoms with van der Waals surface area (Å²) in [5.41, 5.74) is 4.89. The molecule has 7 N–H and O–H groups in total. The smallest absolute Gasteiger partial charge is 0.352 e. The highest BCUT2D eigenvalue weighted by Gasteiger charge is 2.35. The van der Waals surface area contributed by atoms with Gasteiger partial charge in [-0.25, -0.2) is 9.59 Å².